The number of nitrogens with zero attached hydrogens (tertiary/aromatic N) is 5. The van der Waals surface area contributed by atoms with Crippen LogP contribution in [0.1, 0.15) is 45.7 Å². The number of aromatic nitrogens is 4. The Kier molecular flexibility index (Phi) is 2.67. The highest BCUT2D eigenvalue weighted by Crippen LogP contribution is 2.53. The zero-order chi connectivity index (χ0) is 15.7. The molecule has 2 aliphatic rings. The second-order valence-corrected chi connectivity index (χ2v) is 8.45. The van der Waals surface area contributed by atoms with E-state index in [0.29, 0.717) is 16.9 Å². The molecule has 0 amide bonds. The molecule has 0 N–H and O–H groups in total. The van der Waals surface area contributed by atoms with Gasteiger partial charge in [-0.1, -0.05) is 20.8 Å². The third-order valence-electron chi connectivity index (χ3n) is 5.46. The van der Waals surface area contributed by atoms with Gasteiger partial charge in [-0.2, -0.15) is 5.10 Å². The number of aryl methyl sites for hydroxylation is 2. The van der Waals surface area contributed by atoms with E-state index in [-0.39, 0.29) is 0 Å². The van der Waals surface area contributed by atoms with Gasteiger partial charge in [-0.05, 0) is 37.0 Å². The maximum Gasteiger partial charge on any atom is 0.163 e. The van der Waals surface area contributed by atoms with E-state index in [1.807, 2.05) is 11.7 Å². The average Bonchev–Trinajstić information content (AvgIpc) is 2.83. The molecule has 5 nitrogen and oxygen atoms in total. The maximum absolute atomic E-state index is 4.66. The molecule has 0 radical (unpaired) electrons. The third kappa shape index (κ3) is 1.94. The molecule has 2 bridgehead atoms. The van der Waals surface area contributed by atoms with Crippen LogP contribution >= 0.6 is 0 Å². The van der Waals surface area contributed by atoms with E-state index in [1.165, 1.54) is 19.3 Å². The van der Waals surface area contributed by atoms with Crippen LogP contribution in [0.4, 0.5) is 5.82 Å². The summed E-state index contributed by atoms with van der Waals surface area (Å²) in [7, 11) is 1.96. The van der Waals surface area contributed by atoms with Gasteiger partial charge in [0, 0.05) is 19.6 Å². The zero-order valence-corrected chi connectivity index (χ0v) is 14.2. The Morgan fingerprint density at radius 3 is 2.73 bits per heavy atom. The van der Waals surface area contributed by atoms with E-state index in [9.17, 15) is 0 Å². The average molecular weight is 299 g/mol. The molecule has 5 heteroatoms. The van der Waals surface area contributed by atoms with Crippen molar-refractivity contribution in [3.63, 3.8) is 0 Å². The Morgan fingerprint density at radius 2 is 1.95 bits per heavy atom. The lowest BCUT2D eigenvalue weighted by Crippen LogP contribution is -2.35. The largest absolute Gasteiger partial charge is 0.352 e. The standard InChI is InChI=1S/C17H25N5/c1-11-13-14(21(5)20-11)18-10-19-15(13)22-9-17(4)7-12(22)6-16(2,3)8-17/h10,12H,6-9H2,1-5H3. The number of rotatable bonds is 1. The van der Waals surface area contributed by atoms with E-state index in [4.69, 9.17) is 0 Å². The highest BCUT2D eigenvalue weighted by atomic mass is 15.3. The molecule has 2 aromatic rings. The molecule has 0 spiro atoms. The number of fused-ring (bicyclic) bond motifs is 3. The Morgan fingerprint density at radius 1 is 1.18 bits per heavy atom. The van der Waals surface area contributed by atoms with Gasteiger partial charge in [-0.3, -0.25) is 4.68 Å². The van der Waals surface area contributed by atoms with Crippen molar-refractivity contribution in [2.24, 2.45) is 17.9 Å². The molecule has 2 fully saturated rings. The summed E-state index contributed by atoms with van der Waals surface area (Å²) >= 11 is 0. The predicted molar refractivity (Wildman–Crippen MR) is 87.9 cm³/mol. The molecule has 22 heavy (non-hydrogen) atoms. The van der Waals surface area contributed by atoms with Crippen molar-refractivity contribution in [2.45, 2.75) is 53.0 Å². The maximum atomic E-state index is 4.66. The first-order chi connectivity index (χ1) is 10.3. The summed E-state index contributed by atoms with van der Waals surface area (Å²) in [6, 6.07) is 0.589. The summed E-state index contributed by atoms with van der Waals surface area (Å²) < 4.78 is 1.86. The van der Waals surface area contributed by atoms with Gasteiger partial charge in [0.2, 0.25) is 0 Å². The summed E-state index contributed by atoms with van der Waals surface area (Å²) in [6.07, 6.45) is 5.51. The second kappa shape index (κ2) is 4.21. The van der Waals surface area contributed by atoms with Crippen molar-refractivity contribution in [2.75, 3.05) is 11.4 Å². The molecule has 1 saturated heterocycles. The first-order valence-corrected chi connectivity index (χ1v) is 8.19. The summed E-state index contributed by atoms with van der Waals surface area (Å²) in [5, 5.41) is 5.67. The molecule has 2 aromatic heterocycles. The highest BCUT2D eigenvalue weighted by molar-refractivity contribution is 5.90. The molecule has 3 heterocycles. The van der Waals surface area contributed by atoms with E-state index >= 15 is 0 Å². The van der Waals surface area contributed by atoms with Crippen molar-refractivity contribution < 1.29 is 0 Å². The van der Waals surface area contributed by atoms with Gasteiger partial charge >= 0.3 is 0 Å². The van der Waals surface area contributed by atoms with Crippen molar-refractivity contribution in [3.8, 4) is 0 Å². The van der Waals surface area contributed by atoms with Crippen LogP contribution < -0.4 is 4.90 Å². The van der Waals surface area contributed by atoms with Crippen LogP contribution in [0, 0.1) is 17.8 Å². The lowest BCUT2D eigenvalue weighted by atomic mass is 9.65. The van der Waals surface area contributed by atoms with Crippen LogP contribution in [-0.4, -0.2) is 32.3 Å². The molecule has 4 rings (SSSR count). The fourth-order valence-electron chi connectivity index (χ4n) is 5.18. The fourth-order valence-corrected chi connectivity index (χ4v) is 5.18. The predicted octanol–water partition coefficient (Wildman–Crippen LogP) is 3.08. The van der Waals surface area contributed by atoms with Crippen LogP contribution in [0.25, 0.3) is 11.0 Å². The van der Waals surface area contributed by atoms with Gasteiger partial charge in [0.05, 0.1) is 11.1 Å². The van der Waals surface area contributed by atoms with Crippen LogP contribution in [0.2, 0.25) is 0 Å². The van der Waals surface area contributed by atoms with Crippen molar-refractivity contribution in [1.29, 1.82) is 0 Å². The minimum absolute atomic E-state index is 0.403. The van der Waals surface area contributed by atoms with Gasteiger partial charge in [-0.25, -0.2) is 9.97 Å². The number of anilines is 1. The zero-order valence-electron chi connectivity index (χ0n) is 14.2. The van der Waals surface area contributed by atoms with Gasteiger partial charge in [0.1, 0.15) is 12.1 Å². The number of hydrogen-bond acceptors (Lipinski definition) is 4. The van der Waals surface area contributed by atoms with Crippen LogP contribution in [0.15, 0.2) is 6.33 Å². The molecule has 1 aliphatic heterocycles. The summed E-state index contributed by atoms with van der Waals surface area (Å²) in [6.45, 7) is 10.4. The first kappa shape index (κ1) is 14.0. The topological polar surface area (TPSA) is 46.8 Å². The Bertz CT molecular complexity index is 747. The lowest BCUT2D eigenvalue weighted by Gasteiger charge is -2.39. The minimum atomic E-state index is 0.403. The van der Waals surface area contributed by atoms with E-state index in [0.717, 1.165) is 29.1 Å². The summed E-state index contributed by atoms with van der Waals surface area (Å²) in [4.78, 5) is 11.6. The molecule has 2 unspecified atom stereocenters. The summed E-state index contributed by atoms with van der Waals surface area (Å²) in [5.41, 5.74) is 2.79. The second-order valence-electron chi connectivity index (χ2n) is 8.45. The Hall–Kier alpha value is -1.65. The van der Waals surface area contributed by atoms with Crippen molar-refractivity contribution >= 4 is 16.9 Å². The first-order valence-electron chi connectivity index (χ1n) is 8.19. The fraction of sp³-hybridized carbons (Fsp3) is 0.706. The van der Waals surface area contributed by atoms with Gasteiger partial charge in [0.25, 0.3) is 0 Å². The lowest BCUT2D eigenvalue weighted by molar-refractivity contribution is 0.136. The van der Waals surface area contributed by atoms with E-state index in [1.54, 1.807) is 6.33 Å². The molecule has 1 saturated carbocycles. The van der Waals surface area contributed by atoms with Crippen LogP contribution in [0.5, 0.6) is 0 Å². The molecular formula is C17H25N5. The van der Waals surface area contributed by atoms with Crippen LogP contribution in [-0.2, 0) is 7.05 Å². The Labute approximate surface area is 131 Å². The molecule has 118 valence electrons. The van der Waals surface area contributed by atoms with Gasteiger partial charge in [-0.15, -0.1) is 0 Å². The third-order valence-corrected chi connectivity index (χ3v) is 5.46. The molecule has 0 aromatic carbocycles. The number of hydrogen-bond donors (Lipinski definition) is 0. The molecular weight excluding hydrogens is 274 g/mol. The van der Waals surface area contributed by atoms with Gasteiger partial charge in [0.15, 0.2) is 5.65 Å². The Balaban J connectivity index is 1.84. The smallest absolute Gasteiger partial charge is 0.163 e. The molecule has 1 aliphatic carbocycles. The van der Waals surface area contributed by atoms with E-state index < -0.39 is 0 Å². The highest BCUT2D eigenvalue weighted by Gasteiger charge is 2.50. The van der Waals surface area contributed by atoms with Gasteiger partial charge < -0.3 is 4.90 Å². The minimum Gasteiger partial charge on any atom is -0.352 e. The molecule has 2 atom stereocenters. The van der Waals surface area contributed by atoms with E-state index in [2.05, 4.69) is 47.7 Å². The monoisotopic (exact) mass is 299 g/mol. The van der Waals surface area contributed by atoms with Crippen molar-refractivity contribution in [1.82, 2.24) is 19.7 Å². The van der Waals surface area contributed by atoms with Crippen molar-refractivity contribution in [3.05, 3.63) is 12.0 Å². The SMILES string of the molecule is Cc1nn(C)c2ncnc(N3CC4(C)CC3CC(C)(C)C4)c12. The quantitative estimate of drug-likeness (QED) is 0.812. The normalized spacial score (nSPS) is 30.2. The van der Waals surface area contributed by atoms with Crippen LogP contribution in [0.3, 0.4) is 0 Å². The summed E-state index contributed by atoms with van der Waals surface area (Å²) in [5.74, 6) is 1.09.